The number of nitrogens with one attached hydrogen (secondary N) is 2. The van der Waals surface area contributed by atoms with E-state index in [1.165, 1.54) is 0 Å². The van der Waals surface area contributed by atoms with Crippen molar-refractivity contribution in [1.29, 1.82) is 0 Å². The lowest BCUT2D eigenvalue weighted by molar-refractivity contribution is 0.0944. The Morgan fingerprint density at radius 1 is 0.960 bits per heavy atom. The van der Waals surface area contributed by atoms with Crippen LogP contribution in [0.2, 0.25) is 0 Å². The molecule has 3 aromatic rings. The van der Waals surface area contributed by atoms with Crippen molar-refractivity contribution >= 4 is 17.4 Å². The molecule has 0 fully saturated rings. The van der Waals surface area contributed by atoms with Gasteiger partial charge in [-0.1, -0.05) is 36.4 Å². The number of amides is 1. The Morgan fingerprint density at radius 3 is 2.44 bits per heavy atom. The second kappa shape index (κ2) is 7.92. The van der Waals surface area contributed by atoms with Gasteiger partial charge in [0.25, 0.3) is 5.91 Å². The maximum Gasteiger partial charge on any atom is 0.272 e. The van der Waals surface area contributed by atoms with Gasteiger partial charge in [0.2, 0.25) is 0 Å². The zero-order chi connectivity index (χ0) is 17.5. The van der Waals surface area contributed by atoms with E-state index in [9.17, 15) is 4.79 Å². The summed E-state index contributed by atoms with van der Waals surface area (Å²) in [5.41, 5.74) is 2.06. The Labute approximate surface area is 145 Å². The van der Waals surface area contributed by atoms with Gasteiger partial charge in [-0.3, -0.25) is 4.79 Å². The number of methoxy groups -OCH3 is 1. The lowest BCUT2D eigenvalue weighted by Crippen LogP contribution is -2.24. The van der Waals surface area contributed by atoms with E-state index in [0.717, 1.165) is 17.0 Å². The molecule has 126 valence electrons. The fraction of sp³-hybridized carbons (Fsp3) is 0.105. The van der Waals surface area contributed by atoms with Crippen LogP contribution in [0.1, 0.15) is 16.1 Å². The maximum atomic E-state index is 12.2. The zero-order valence-corrected chi connectivity index (χ0v) is 13.8. The summed E-state index contributed by atoms with van der Waals surface area (Å²) in [7, 11) is 1.60. The van der Waals surface area contributed by atoms with Crippen LogP contribution < -0.4 is 15.4 Å². The first-order chi connectivity index (χ1) is 12.3. The fourth-order valence-electron chi connectivity index (χ4n) is 2.30. The van der Waals surface area contributed by atoms with Crippen LogP contribution in [0.25, 0.3) is 0 Å². The van der Waals surface area contributed by atoms with Crippen molar-refractivity contribution in [2.24, 2.45) is 0 Å². The molecule has 0 aliphatic carbocycles. The third kappa shape index (κ3) is 4.32. The van der Waals surface area contributed by atoms with Gasteiger partial charge in [-0.15, -0.1) is 10.2 Å². The van der Waals surface area contributed by atoms with Gasteiger partial charge < -0.3 is 15.4 Å². The number of ether oxygens (including phenoxy) is 1. The molecule has 6 heteroatoms. The number of nitrogens with zero attached hydrogens (tertiary/aromatic N) is 2. The molecule has 0 spiro atoms. The zero-order valence-electron chi connectivity index (χ0n) is 13.8. The van der Waals surface area contributed by atoms with Gasteiger partial charge in [-0.2, -0.15) is 0 Å². The first-order valence-corrected chi connectivity index (χ1v) is 7.82. The minimum absolute atomic E-state index is 0.258. The highest BCUT2D eigenvalue weighted by atomic mass is 16.5. The Hall–Kier alpha value is -3.41. The molecule has 0 aliphatic rings. The molecule has 0 aliphatic heterocycles. The van der Waals surface area contributed by atoms with Crippen molar-refractivity contribution in [2.45, 2.75) is 6.54 Å². The summed E-state index contributed by atoms with van der Waals surface area (Å²) in [4.78, 5) is 12.2. The highest BCUT2D eigenvalue weighted by molar-refractivity contribution is 5.92. The van der Waals surface area contributed by atoms with Gasteiger partial charge in [-0.05, 0) is 30.3 Å². The fourth-order valence-corrected chi connectivity index (χ4v) is 2.30. The predicted molar refractivity (Wildman–Crippen MR) is 95.9 cm³/mol. The number of hydrogen-bond acceptors (Lipinski definition) is 5. The molecule has 0 saturated heterocycles. The highest BCUT2D eigenvalue weighted by Crippen LogP contribution is 2.17. The van der Waals surface area contributed by atoms with Crippen LogP contribution >= 0.6 is 0 Å². The van der Waals surface area contributed by atoms with Gasteiger partial charge in [0.05, 0.1) is 7.11 Å². The third-order valence-electron chi connectivity index (χ3n) is 3.58. The van der Waals surface area contributed by atoms with Crippen LogP contribution in [-0.2, 0) is 6.54 Å². The molecule has 25 heavy (non-hydrogen) atoms. The molecule has 2 N–H and O–H groups in total. The predicted octanol–water partition coefficient (Wildman–Crippen LogP) is 3.16. The van der Waals surface area contributed by atoms with E-state index < -0.39 is 0 Å². The minimum Gasteiger partial charge on any atom is -0.496 e. The number of benzene rings is 2. The van der Waals surface area contributed by atoms with Crippen LogP contribution in [0.5, 0.6) is 5.75 Å². The van der Waals surface area contributed by atoms with Gasteiger partial charge in [0.1, 0.15) is 5.75 Å². The molecule has 1 amide bonds. The molecule has 0 radical (unpaired) electrons. The second-order valence-electron chi connectivity index (χ2n) is 5.29. The third-order valence-corrected chi connectivity index (χ3v) is 3.58. The van der Waals surface area contributed by atoms with Gasteiger partial charge in [0, 0.05) is 17.8 Å². The monoisotopic (exact) mass is 334 g/mol. The standard InChI is InChI=1S/C19H18N4O2/c1-25-17-10-6-5-7-14(17)13-20-19(24)16-11-12-18(23-22-16)21-15-8-3-2-4-9-15/h2-12H,13H2,1H3,(H,20,24)(H,21,23). The van der Waals surface area contributed by atoms with Crippen molar-refractivity contribution < 1.29 is 9.53 Å². The number of hydrogen-bond donors (Lipinski definition) is 2. The number of aromatic nitrogens is 2. The van der Waals surface area contributed by atoms with Crippen molar-refractivity contribution in [1.82, 2.24) is 15.5 Å². The quantitative estimate of drug-likeness (QED) is 0.724. The molecule has 1 heterocycles. The van der Waals surface area contributed by atoms with Crippen LogP contribution in [0.15, 0.2) is 66.7 Å². The van der Waals surface area contributed by atoms with E-state index in [4.69, 9.17) is 4.74 Å². The number of carbonyl (C=O) groups excluding carboxylic acids is 1. The number of rotatable bonds is 6. The van der Waals surface area contributed by atoms with Crippen molar-refractivity contribution in [2.75, 3.05) is 12.4 Å². The van der Waals surface area contributed by atoms with Crippen LogP contribution in [0.3, 0.4) is 0 Å². The summed E-state index contributed by atoms with van der Waals surface area (Å²) in [6.07, 6.45) is 0. The van der Waals surface area contributed by atoms with E-state index in [-0.39, 0.29) is 11.6 Å². The molecule has 2 aromatic carbocycles. The van der Waals surface area contributed by atoms with E-state index in [1.54, 1.807) is 19.2 Å². The summed E-state index contributed by atoms with van der Waals surface area (Å²) in [5, 5.41) is 13.9. The summed E-state index contributed by atoms with van der Waals surface area (Å²) in [6.45, 7) is 0.356. The van der Waals surface area contributed by atoms with Gasteiger partial charge in [-0.25, -0.2) is 0 Å². The average molecular weight is 334 g/mol. The second-order valence-corrected chi connectivity index (χ2v) is 5.29. The Kier molecular flexibility index (Phi) is 5.21. The van der Waals surface area contributed by atoms with Crippen molar-refractivity contribution in [3.63, 3.8) is 0 Å². The Morgan fingerprint density at radius 2 is 1.72 bits per heavy atom. The van der Waals surface area contributed by atoms with Crippen LogP contribution in [-0.4, -0.2) is 23.2 Å². The smallest absolute Gasteiger partial charge is 0.272 e. The van der Waals surface area contributed by atoms with Crippen molar-refractivity contribution in [3.8, 4) is 5.75 Å². The van der Waals surface area contributed by atoms with Gasteiger partial charge >= 0.3 is 0 Å². The van der Waals surface area contributed by atoms with Gasteiger partial charge in [0.15, 0.2) is 11.5 Å². The molecular weight excluding hydrogens is 316 g/mol. The maximum absolute atomic E-state index is 12.2. The SMILES string of the molecule is COc1ccccc1CNC(=O)c1ccc(Nc2ccccc2)nn1. The lowest BCUT2D eigenvalue weighted by atomic mass is 10.2. The topological polar surface area (TPSA) is 76.1 Å². The molecule has 3 rings (SSSR count). The van der Waals surface area contributed by atoms with E-state index in [0.29, 0.717) is 12.4 Å². The number of para-hydroxylation sites is 2. The molecule has 6 nitrogen and oxygen atoms in total. The Bertz CT molecular complexity index is 836. The Balaban J connectivity index is 1.61. The number of carbonyl (C=O) groups is 1. The van der Waals surface area contributed by atoms with E-state index in [2.05, 4.69) is 20.8 Å². The minimum atomic E-state index is -0.287. The largest absolute Gasteiger partial charge is 0.496 e. The summed E-state index contributed by atoms with van der Waals surface area (Å²) in [5.74, 6) is 1.02. The van der Waals surface area contributed by atoms with E-state index >= 15 is 0 Å². The normalized spacial score (nSPS) is 10.1. The summed E-state index contributed by atoms with van der Waals surface area (Å²) < 4.78 is 5.27. The summed E-state index contributed by atoms with van der Waals surface area (Å²) >= 11 is 0. The summed E-state index contributed by atoms with van der Waals surface area (Å²) in [6, 6.07) is 20.5. The number of anilines is 2. The first kappa shape index (κ1) is 16.4. The molecule has 0 unspecified atom stereocenters. The van der Waals surface area contributed by atoms with Crippen LogP contribution in [0.4, 0.5) is 11.5 Å². The van der Waals surface area contributed by atoms with E-state index in [1.807, 2.05) is 54.6 Å². The molecule has 1 aromatic heterocycles. The van der Waals surface area contributed by atoms with Crippen LogP contribution in [0, 0.1) is 0 Å². The molecule has 0 bridgehead atoms. The first-order valence-electron chi connectivity index (χ1n) is 7.82. The molecule has 0 saturated carbocycles. The lowest BCUT2D eigenvalue weighted by Gasteiger charge is -2.09. The highest BCUT2D eigenvalue weighted by Gasteiger charge is 2.09. The average Bonchev–Trinajstić information content (AvgIpc) is 2.67. The molecular formula is C19H18N4O2. The molecule has 0 atom stereocenters. The van der Waals surface area contributed by atoms with Crippen molar-refractivity contribution in [3.05, 3.63) is 78.0 Å².